The van der Waals surface area contributed by atoms with Gasteiger partial charge in [0.1, 0.15) is 5.54 Å². The first kappa shape index (κ1) is 12.5. The van der Waals surface area contributed by atoms with Gasteiger partial charge in [0, 0.05) is 0 Å². The Morgan fingerprint density at radius 2 is 2.20 bits per heavy atom. The lowest BCUT2D eigenvalue weighted by Gasteiger charge is -2.41. The molecule has 0 heterocycles. The molecule has 3 nitrogen and oxygen atoms in total. The van der Waals surface area contributed by atoms with E-state index >= 15 is 0 Å². The average molecular weight is 213 g/mol. The predicted molar refractivity (Wildman–Crippen MR) is 60.3 cm³/mol. The summed E-state index contributed by atoms with van der Waals surface area (Å²) in [5, 5.41) is 0. The largest absolute Gasteiger partial charge is 0.465 e. The second-order valence-electron chi connectivity index (χ2n) is 4.86. The molecule has 0 amide bonds. The van der Waals surface area contributed by atoms with Crippen LogP contribution in [-0.2, 0) is 9.53 Å². The van der Waals surface area contributed by atoms with E-state index in [1.54, 1.807) is 0 Å². The molecule has 15 heavy (non-hydrogen) atoms. The zero-order chi connectivity index (χ0) is 11.5. The number of rotatable bonds is 3. The topological polar surface area (TPSA) is 52.3 Å². The smallest absolute Gasteiger partial charge is 0.326 e. The van der Waals surface area contributed by atoms with E-state index in [4.69, 9.17) is 10.5 Å². The van der Waals surface area contributed by atoms with Crippen LogP contribution in [0.25, 0.3) is 0 Å². The maximum absolute atomic E-state index is 11.9. The van der Waals surface area contributed by atoms with E-state index in [1.165, 1.54) is 6.42 Å². The Morgan fingerprint density at radius 1 is 1.53 bits per heavy atom. The molecule has 1 aliphatic carbocycles. The summed E-state index contributed by atoms with van der Waals surface area (Å²) >= 11 is 0. The van der Waals surface area contributed by atoms with E-state index in [9.17, 15) is 4.79 Å². The Morgan fingerprint density at radius 3 is 2.73 bits per heavy atom. The van der Waals surface area contributed by atoms with Gasteiger partial charge in [-0.1, -0.05) is 26.7 Å². The van der Waals surface area contributed by atoms with Crippen LogP contribution in [0.3, 0.4) is 0 Å². The zero-order valence-corrected chi connectivity index (χ0v) is 10.1. The van der Waals surface area contributed by atoms with E-state index in [2.05, 4.69) is 13.8 Å². The maximum Gasteiger partial charge on any atom is 0.326 e. The van der Waals surface area contributed by atoms with Gasteiger partial charge in [-0.25, -0.2) is 0 Å². The summed E-state index contributed by atoms with van der Waals surface area (Å²) in [6.45, 7) is 6.52. The number of hydrogen-bond donors (Lipinski definition) is 1. The Hall–Kier alpha value is -0.570. The van der Waals surface area contributed by atoms with Crippen molar-refractivity contribution in [3.63, 3.8) is 0 Å². The summed E-state index contributed by atoms with van der Waals surface area (Å²) in [4.78, 5) is 11.9. The van der Waals surface area contributed by atoms with Crippen LogP contribution in [0.5, 0.6) is 0 Å². The summed E-state index contributed by atoms with van der Waals surface area (Å²) in [6.07, 6.45) is 4.04. The van der Waals surface area contributed by atoms with Gasteiger partial charge in [0.15, 0.2) is 0 Å². The van der Waals surface area contributed by atoms with Crippen molar-refractivity contribution < 1.29 is 9.53 Å². The molecule has 2 unspecified atom stereocenters. The molecule has 0 aromatic carbocycles. The molecule has 1 rings (SSSR count). The quantitative estimate of drug-likeness (QED) is 0.730. The fourth-order valence-corrected chi connectivity index (χ4v) is 2.67. The molecule has 3 heteroatoms. The zero-order valence-electron chi connectivity index (χ0n) is 10.1. The van der Waals surface area contributed by atoms with Gasteiger partial charge < -0.3 is 10.5 Å². The van der Waals surface area contributed by atoms with Crippen molar-refractivity contribution >= 4 is 5.97 Å². The monoisotopic (exact) mass is 213 g/mol. The van der Waals surface area contributed by atoms with Gasteiger partial charge in [-0.2, -0.15) is 0 Å². The minimum absolute atomic E-state index is 0.205. The van der Waals surface area contributed by atoms with Gasteiger partial charge in [-0.3, -0.25) is 4.79 Å². The minimum Gasteiger partial charge on any atom is -0.465 e. The molecule has 2 atom stereocenters. The van der Waals surface area contributed by atoms with Crippen molar-refractivity contribution in [3.05, 3.63) is 0 Å². The lowest BCUT2D eigenvalue weighted by molar-refractivity contribution is -0.154. The van der Waals surface area contributed by atoms with Crippen molar-refractivity contribution in [1.82, 2.24) is 0 Å². The van der Waals surface area contributed by atoms with Crippen LogP contribution >= 0.6 is 0 Å². The third kappa shape index (κ3) is 2.51. The number of nitrogens with two attached hydrogens (primary N) is 1. The van der Waals surface area contributed by atoms with Crippen molar-refractivity contribution in [2.45, 2.75) is 52.0 Å². The maximum atomic E-state index is 11.9. The highest BCUT2D eigenvalue weighted by Gasteiger charge is 2.45. The molecular weight excluding hydrogens is 190 g/mol. The summed E-state index contributed by atoms with van der Waals surface area (Å²) in [6, 6.07) is 0. The molecular formula is C12H23NO2. The van der Waals surface area contributed by atoms with E-state index in [0.29, 0.717) is 12.5 Å². The van der Waals surface area contributed by atoms with Crippen LogP contribution < -0.4 is 5.73 Å². The molecule has 0 radical (unpaired) electrons. The van der Waals surface area contributed by atoms with Gasteiger partial charge in [-0.05, 0) is 31.6 Å². The first-order valence-corrected chi connectivity index (χ1v) is 5.98. The molecule has 0 bridgehead atoms. The normalized spacial score (nSPS) is 31.7. The molecule has 1 aliphatic rings. The van der Waals surface area contributed by atoms with Crippen molar-refractivity contribution in [1.29, 1.82) is 0 Å². The number of hydrogen-bond acceptors (Lipinski definition) is 3. The molecule has 0 aliphatic heterocycles. The Balaban J connectivity index is 2.80. The Kier molecular flexibility index (Phi) is 4.14. The number of carbonyl (C=O) groups excluding carboxylic acids is 1. The standard InChI is InChI=1S/C12H23NO2/c1-4-15-11(14)12(13)8-6-5-7-10(12)9(2)3/h9-10H,4-8,13H2,1-3H3. The van der Waals surface area contributed by atoms with Crippen LogP contribution in [0.2, 0.25) is 0 Å². The van der Waals surface area contributed by atoms with Crippen molar-refractivity contribution in [3.8, 4) is 0 Å². The predicted octanol–water partition coefficient (Wildman–Crippen LogP) is 2.09. The van der Waals surface area contributed by atoms with Crippen LogP contribution in [0, 0.1) is 11.8 Å². The fourth-order valence-electron chi connectivity index (χ4n) is 2.67. The molecule has 1 saturated carbocycles. The highest BCUT2D eigenvalue weighted by Crippen LogP contribution is 2.37. The summed E-state index contributed by atoms with van der Waals surface area (Å²) < 4.78 is 5.10. The molecule has 88 valence electrons. The minimum atomic E-state index is -0.734. The van der Waals surface area contributed by atoms with E-state index in [0.717, 1.165) is 19.3 Å². The molecule has 0 aromatic rings. The van der Waals surface area contributed by atoms with E-state index in [1.807, 2.05) is 6.92 Å². The molecule has 0 spiro atoms. The number of esters is 1. The van der Waals surface area contributed by atoms with Crippen LogP contribution in [0.15, 0.2) is 0 Å². The first-order chi connectivity index (χ1) is 7.02. The Bertz CT molecular complexity index is 228. The van der Waals surface area contributed by atoms with Crippen molar-refractivity contribution in [2.75, 3.05) is 6.61 Å². The first-order valence-electron chi connectivity index (χ1n) is 5.98. The molecule has 0 saturated heterocycles. The lowest BCUT2D eigenvalue weighted by Crippen LogP contribution is -2.58. The van der Waals surface area contributed by atoms with Crippen LogP contribution in [0.1, 0.15) is 46.5 Å². The van der Waals surface area contributed by atoms with Crippen molar-refractivity contribution in [2.24, 2.45) is 17.6 Å². The summed E-state index contributed by atoms with van der Waals surface area (Å²) in [5.41, 5.74) is 5.53. The van der Waals surface area contributed by atoms with Crippen LogP contribution in [-0.4, -0.2) is 18.1 Å². The SMILES string of the molecule is CCOC(=O)C1(N)CCCCC1C(C)C. The second-order valence-corrected chi connectivity index (χ2v) is 4.86. The molecule has 1 fully saturated rings. The van der Waals surface area contributed by atoms with E-state index in [-0.39, 0.29) is 11.9 Å². The lowest BCUT2D eigenvalue weighted by atomic mass is 9.68. The van der Waals surface area contributed by atoms with Gasteiger partial charge in [0.2, 0.25) is 0 Å². The molecule has 0 aromatic heterocycles. The van der Waals surface area contributed by atoms with Gasteiger partial charge in [0.25, 0.3) is 0 Å². The number of ether oxygens (including phenoxy) is 1. The molecule has 2 N–H and O–H groups in total. The third-order valence-corrected chi connectivity index (χ3v) is 3.48. The summed E-state index contributed by atoms with van der Waals surface area (Å²) in [5.74, 6) is 0.508. The van der Waals surface area contributed by atoms with Gasteiger partial charge >= 0.3 is 5.97 Å². The van der Waals surface area contributed by atoms with Gasteiger partial charge in [-0.15, -0.1) is 0 Å². The second kappa shape index (κ2) is 4.97. The average Bonchev–Trinajstić information content (AvgIpc) is 2.18. The fraction of sp³-hybridized carbons (Fsp3) is 0.917. The number of carbonyl (C=O) groups is 1. The van der Waals surface area contributed by atoms with E-state index < -0.39 is 5.54 Å². The highest BCUT2D eigenvalue weighted by atomic mass is 16.5. The highest BCUT2D eigenvalue weighted by molar-refractivity contribution is 5.81. The Labute approximate surface area is 92.4 Å². The summed E-state index contributed by atoms with van der Waals surface area (Å²) in [7, 11) is 0. The van der Waals surface area contributed by atoms with Gasteiger partial charge in [0.05, 0.1) is 6.61 Å². The third-order valence-electron chi connectivity index (χ3n) is 3.48. The van der Waals surface area contributed by atoms with Crippen LogP contribution in [0.4, 0.5) is 0 Å².